The quantitative estimate of drug-likeness (QED) is 0.841. The van der Waals surface area contributed by atoms with Crippen LogP contribution in [0.15, 0.2) is 42.7 Å². The van der Waals surface area contributed by atoms with Crippen LogP contribution in [0.1, 0.15) is 30.6 Å². The van der Waals surface area contributed by atoms with Crippen molar-refractivity contribution in [2.75, 3.05) is 13.7 Å². The number of aromatic nitrogens is 2. The molecule has 1 unspecified atom stereocenters. The molecule has 1 aromatic carbocycles. The molecule has 20 heavy (non-hydrogen) atoms. The zero-order valence-corrected chi connectivity index (χ0v) is 12.0. The first kappa shape index (κ1) is 14.5. The summed E-state index contributed by atoms with van der Waals surface area (Å²) in [6.45, 7) is 3.07. The van der Waals surface area contributed by atoms with E-state index < -0.39 is 0 Å². The molecule has 0 aliphatic carbocycles. The van der Waals surface area contributed by atoms with Gasteiger partial charge in [0.1, 0.15) is 5.69 Å². The number of rotatable bonds is 7. The maximum absolute atomic E-state index is 5.25. The van der Waals surface area contributed by atoms with Gasteiger partial charge in [-0.05, 0) is 24.9 Å². The lowest BCUT2D eigenvalue weighted by atomic mass is 10.0. The molecule has 0 aliphatic rings. The maximum atomic E-state index is 5.25. The van der Waals surface area contributed by atoms with Crippen LogP contribution in [-0.4, -0.2) is 23.6 Å². The van der Waals surface area contributed by atoms with Gasteiger partial charge in [0, 0.05) is 18.4 Å². The molecule has 0 radical (unpaired) electrons. The lowest BCUT2D eigenvalue weighted by molar-refractivity contribution is 0.386. The monoisotopic (exact) mass is 271 g/mol. The zero-order chi connectivity index (χ0) is 14.2. The first-order chi connectivity index (χ1) is 9.85. The molecule has 2 aromatic rings. The number of methoxy groups -OCH3 is 1. The van der Waals surface area contributed by atoms with Crippen LogP contribution < -0.4 is 10.1 Å². The van der Waals surface area contributed by atoms with Gasteiger partial charge in [-0.2, -0.15) is 0 Å². The summed E-state index contributed by atoms with van der Waals surface area (Å²) in [5.41, 5.74) is 2.21. The van der Waals surface area contributed by atoms with Crippen LogP contribution in [-0.2, 0) is 6.42 Å². The number of ether oxygens (including phenoxy) is 1. The molecule has 4 nitrogen and oxygen atoms in total. The number of nitrogens with zero attached hydrogens (tertiary/aromatic N) is 2. The van der Waals surface area contributed by atoms with Gasteiger partial charge >= 0.3 is 0 Å². The summed E-state index contributed by atoms with van der Waals surface area (Å²) < 4.78 is 5.25. The van der Waals surface area contributed by atoms with E-state index in [9.17, 15) is 0 Å². The van der Waals surface area contributed by atoms with Crippen LogP contribution >= 0.6 is 0 Å². The van der Waals surface area contributed by atoms with Crippen LogP contribution in [0.2, 0.25) is 0 Å². The fourth-order valence-electron chi connectivity index (χ4n) is 2.30. The fraction of sp³-hybridized carbons (Fsp3) is 0.375. The van der Waals surface area contributed by atoms with Crippen LogP contribution in [0.3, 0.4) is 0 Å². The van der Waals surface area contributed by atoms with E-state index in [2.05, 4.69) is 46.5 Å². The number of hydrogen-bond acceptors (Lipinski definition) is 4. The van der Waals surface area contributed by atoms with Gasteiger partial charge < -0.3 is 10.1 Å². The smallest absolute Gasteiger partial charge is 0.235 e. The molecule has 0 bridgehead atoms. The molecule has 1 atom stereocenters. The molecular formula is C16H21N3O. The molecule has 0 saturated carbocycles. The lowest BCUT2D eigenvalue weighted by Gasteiger charge is -2.18. The Kier molecular flexibility index (Phi) is 5.50. The van der Waals surface area contributed by atoms with Crippen molar-refractivity contribution in [3.8, 4) is 5.88 Å². The van der Waals surface area contributed by atoms with E-state index in [1.165, 1.54) is 5.56 Å². The molecule has 0 spiro atoms. The first-order valence-corrected chi connectivity index (χ1v) is 6.97. The molecule has 1 N–H and O–H groups in total. The standard InChI is InChI=1S/C16H21N3O/c1-3-17-14(13-7-5-4-6-8-13)9-10-15-16(20-2)19-12-11-18-15/h4-8,11-12,14,17H,3,9-10H2,1-2H3. The minimum absolute atomic E-state index is 0.327. The third-order valence-corrected chi connectivity index (χ3v) is 3.25. The van der Waals surface area contributed by atoms with Gasteiger partial charge in [-0.1, -0.05) is 37.3 Å². The predicted octanol–water partition coefficient (Wildman–Crippen LogP) is 2.77. The van der Waals surface area contributed by atoms with Gasteiger partial charge in [-0.3, -0.25) is 4.98 Å². The largest absolute Gasteiger partial charge is 0.480 e. The minimum atomic E-state index is 0.327. The second kappa shape index (κ2) is 7.60. The van der Waals surface area contributed by atoms with Crippen molar-refractivity contribution in [2.45, 2.75) is 25.8 Å². The van der Waals surface area contributed by atoms with E-state index >= 15 is 0 Å². The highest BCUT2D eigenvalue weighted by atomic mass is 16.5. The third kappa shape index (κ3) is 3.78. The van der Waals surface area contributed by atoms with Crippen molar-refractivity contribution >= 4 is 0 Å². The van der Waals surface area contributed by atoms with Crippen LogP contribution in [0, 0.1) is 0 Å². The highest BCUT2D eigenvalue weighted by molar-refractivity contribution is 5.21. The maximum Gasteiger partial charge on any atom is 0.235 e. The van der Waals surface area contributed by atoms with E-state index in [4.69, 9.17) is 4.74 Å². The van der Waals surface area contributed by atoms with Crippen LogP contribution in [0.4, 0.5) is 0 Å². The molecule has 0 amide bonds. The number of aryl methyl sites for hydroxylation is 1. The molecular weight excluding hydrogens is 250 g/mol. The molecule has 0 saturated heterocycles. The second-order valence-corrected chi connectivity index (χ2v) is 4.57. The summed E-state index contributed by atoms with van der Waals surface area (Å²) in [5.74, 6) is 0.621. The molecule has 0 fully saturated rings. The van der Waals surface area contributed by atoms with E-state index in [1.54, 1.807) is 19.5 Å². The van der Waals surface area contributed by atoms with Crippen LogP contribution in [0.5, 0.6) is 5.88 Å². The zero-order valence-electron chi connectivity index (χ0n) is 12.0. The molecule has 2 rings (SSSR count). The first-order valence-electron chi connectivity index (χ1n) is 6.97. The Hall–Kier alpha value is -1.94. The van der Waals surface area contributed by atoms with Crippen LogP contribution in [0.25, 0.3) is 0 Å². The van der Waals surface area contributed by atoms with Gasteiger partial charge in [0.15, 0.2) is 0 Å². The lowest BCUT2D eigenvalue weighted by Crippen LogP contribution is -2.21. The van der Waals surface area contributed by atoms with Gasteiger partial charge in [-0.25, -0.2) is 4.98 Å². The number of nitrogens with one attached hydrogen (secondary N) is 1. The Balaban J connectivity index is 2.06. The average molecular weight is 271 g/mol. The average Bonchev–Trinajstić information content (AvgIpc) is 2.52. The van der Waals surface area contributed by atoms with Crippen molar-refractivity contribution in [3.05, 3.63) is 54.0 Å². The second-order valence-electron chi connectivity index (χ2n) is 4.57. The molecule has 0 aliphatic heterocycles. The summed E-state index contributed by atoms with van der Waals surface area (Å²) >= 11 is 0. The number of benzene rings is 1. The Labute approximate surface area is 120 Å². The Morgan fingerprint density at radius 3 is 2.60 bits per heavy atom. The SMILES string of the molecule is CCNC(CCc1nccnc1OC)c1ccccc1. The number of hydrogen-bond donors (Lipinski definition) is 1. The topological polar surface area (TPSA) is 47.0 Å². The normalized spacial score (nSPS) is 12.1. The summed E-state index contributed by atoms with van der Waals surface area (Å²) in [6, 6.07) is 10.8. The summed E-state index contributed by atoms with van der Waals surface area (Å²) in [6.07, 6.45) is 5.17. The van der Waals surface area contributed by atoms with E-state index in [-0.39, 0.29) is 0 Å². The van der Waals surface area contributed by atoms with E-state index in [1.807, 2.05) is 6.07 Å². The van der Waals surface area contributed by atoms with Crippen molar-refractivity contribution in [1.29, 1.82) is 0 Å². The summed E-state index contributed by atoms with van der Waals surface area (Å²) in [7, 11) is 1.63. The van der Waals surface area contributed by atoms with Gasteiger partial charge in [-0.15, -0.1) is 0 Å². The van der Waals surface area contributed by atoms with Crippen molar-refractivity contribution in [1.82, 2.24) is 15.3 Å². The fourth-order valence-corrected chi connectivity index (χ4v) is 2.30. The Morgan fingerprint density at radius 1 is 1.15 bits per heavy atom. The molecule has 106 valence electrons. The van der Waals surface area contributed by atoms with Crippen molar-refractivity contribution in [2.24, 2.45) is 0 Å². The predicted molar refractivity (Wildman–Crippen MR) is 79.8 cm³/mol. The Bertz CT molecular complexity index is 516. The summed E-state index contributed by atoms with van der Waals surface area (Å²) in [5, 5.41) is 3.52. The third-order valence-electron chi connectivity index (χ3n) is 3.25. The van der Waals surface area contributed by atoms with Gasteiger partial charge in [0.25, 0.3) is 0 Å². The molecule has 4 heteroatoms. The molecule has 1 heterocycles. The highest BCUT2D eigenvalue weighted by Gasteiger charge is 2.12. The minimum Gasteiger partial charge on any atom is -0.480 e. The Morgan fingerprint density at radius 2 is 1.90 bits per heavy atom. The van der Waals surface area contributed by atoms with Crippen molar-refractivity contribution < 1.29 is 4.74 Å². The van der Waals surface area contributed by atoms with E-state index in [0.717, 1.165) is 25.1 Å². The molecule has 1 aromatic heterocycles. The highest BCUT2D eigenvalue weighted by Crippen LogP contribution is 2.21. The van der Waals surface area contributed by atoms with E-state index in [0.29, 0.717) is 11.9 Å². The van der Waals surface area contributed by atoms with Gasteiger partial charge in [0.2, 0.25) is 5.88 Å². The van der Waals surface area contributed by atoms with Crippen molar-refractivity contribution in [3.63, 3.8) is 0 Å². The summed E-state index contributed by atoms with van der Waals surface area (Å²) in [4.78, 5) is 8.55. The van der Waals surface area contributed by atoms with Gasteiger partial charge in [0.05, 0.1) is 7.11 Å².